The second-order valence-corrected chi connectivity index (χ2v) is 3.32. The van der Waals surface area contributed by atoms with Crippen LogP contribution in [0.5, 0.6) is 0 Å². The van der Waals surface area contributed by atoms with Crippen molar-refractivity contribution < 1.29 is 5.11 Å². The SMILES string of the molecule is OCc1ccc(CNCCS)cc1. The zero-order valence-electron chi connectivity index (χ0n) is 7.53. The van der Waals surface area contributed by atoms with E-state index in [1.54, 1.807) is 0 Å². The van der Waals surface area contributed by atoms with Gasteiger partial charge in [0.15, 0.2) is 0 Å². The van der Waals surface area contributed by atoms with Gasteiger partial charge in [0.1, 0.15) is 0 Å². The Bertz CT molecular complexity index is 235. The van der Waals surface area contributed by atoms with Crippen LogP contribution in [-0.2, 0) is 13.2 Å². The summed E-state index contributed by atoms with van der Waals surface area (Å²) in [5, 5.41) is 12.1. The summed E-state index contributed by atoms with van der Waals surface area (Å²) in [6, 6.07) is 7.93. The third-order valence-corrected chi connectivity index (χ3v) is 2.05. The summed E-state index contributed by atoms with van der Waals surface area (Å²) in [7, 11) is 0. The van der Waals surface area contributed by atoms with Gasteiger partial charge in [0.25, 0.3) is 0 Å². The number of aliphatic hydroxyl groups excluding tert-OH is 1. The predicted molar refractivity (Wildman–Crippen MR) is 57.9 cm³/mol. The first kappa shape index (κ1) is 10.6. The van der Waals surface area contributed by atoms with Gasteiger partial charge in [0, 0.05) is 18.8 Å². The second kappa shape index (κ2) is 6.02. The maximum atomic E-state index is 8.82. The van der Waals surface area contributed by atoms with Crippen LogP contribution in [0.15, 0.2) is 24.3 Å². The van der Waals surface area contributed by atoms with E-state index in [2.05, 4.69) is 17.9 Å². The molecule has 0 aliphatic carbocycles. The molecule has 0 bridgehead atoms. The highest BCUT2D eigenvalue weighted by Crippen LogP contribution is 2.03. The topological polar surface area (TPSA) is 32.3 Å². The highest BCUT2D eigenvalue weighted by Gasteiger charge is 1.92. The van der Waals surface area contributed by atoms with Crippen LogP contribution in [0, 0.1) is 0 Å². The van der Waals surface area contributed by atoms with E-state index in [1.807, 2.05) is 24.3 Å². The van der Waals surface area contributed by atoms with E-state index in [-0.39, 0.29) is 6.61 Å². The van der Waals surface area contributed by atoms with Gasteiger partial charge in [-0.3, -0.25) is 0 Å². The lowest BCUT2D eigenvalue weighted by atomic mass is 10.1. The fourth-order valence-corrected chi connectivity index (χ4v) is 1.23. The van der Waals surface area contributed by atoms with Gasteiger partial charge < -0.3 is 10.4 Å². The summed E-state index contributed by atoms with van der Waals surface area (Å²) < 4.78 is 0. The minimum absolute atomic E-state index is 0.115. The standard InChI is InChI=1S/C10H15NOS/c12-8-10-3-1-9(2-4-10)7-11-5-6-13/h1-4,11-13H,5-8H2. The maximum Gasteiger partial charge on any atom is 0.0681 e. The zero-order chi connectivity index (χ0) is 9.52. The molecule has 2 N–H and O–H groups in total. The van der Waals surface area contributed by atoms with Gasteiger partial charge in [-0.25, -0.2) is 0 Å². The minimum Gasteiger partial charge on any atom is -0.392 e. The van der Waals surface area contributed by atoms with Crippen molar-refractivity contribution in [2.45, 2.75) is 13.2 Å². The van der Waals surface area contributed by atoms with Crippen molar-refractivity contribution in [2.24, 2.45) is 0 Å². The van der Waals surface area contributed by atoms with E-state index in [0.29, 0.717) is 0 Å². The fourth-order valence-electron chi connectivity index (χ4n) is 1.07. The molecule has 0 fully saturated rings. The van der Waals surface area contributed by atoms with Crippen molar-refractivity contribution in [3.63, 3.8) is 0 Å². The van der Waals surface area contributed by atoms with Crippen molar-refractivity contribution in [2.75, 3.05) is 12.3 Å². The lowest BCUT2D eigenvalue weighted by Gasteiger charge is -2.03. The lowest BCUT2D eigenvalue weighted by Crippen LogP contribution is -2.15. The summed E-state index contributed by atoms with van der Waals surface area (Å²) in [6.07, 6.45) is 0. The number of hydrogen-bond donors (Lipinski definition) is 3. The average molecular weight is 197 g/mol. The molecule has 0 aliphatic heterocycles. The molecule has 2 nitrogen and oxygen atoms in total. The Balaban J connectivity index is 2.40. The molecule has 0 radical (unpaired) electrons. The Hall–Kier alpha value is -0.510. The Kier molecular flexibility index (Phi) is 4.90. The molecule has 0 saturated heterocycles. The summed E-state index contributed by atoms with van der Waals surface area (Å²) in [5.74, 6) is 0.856. The average Bonchev–Trinajstić information content (AvgIpc) is 2.19. The number of aliphatic hydroxyl groups is 1. The Morgan fingerprint density at radius 2 is 1.77 bits per heavy atom. The molecule has 13 heavy (non-hydrogen) atoms. The van der Waals surface area contributed by atoms with Gasteiger partial charge in [-0.15, -0.1) is 0 Å². The molecule has 3 heteroatoms. The number of benzene rings is 1. The summed E-state index contributed by atoms with van der Waals surface area (Å²) >= 11 is 4.10. The molecule has 0 heterocycles. The van der Waals surface area contributed by atoms with Crippen LogP contribution in [0.4, 0.5) is 0 Å². The molecule has 0 aromatic heterocycles. The van der Waals surface area contributed by atoms with Gasteiger partial charge in [-0.1, -0.05) is 24.3 Å². The van der Waals surface area contributed by atoms with Gasteiger partial charge in [0.2, 0.25) is 0 Å². The largest absolute Gasteiger partial charge is 0.392 e. The normalized spacial score (nSPS) is 10.3. The van der Waals surface area contributed by atoms with Crippen LogP contribution in [-0.4, -0.2) is 17.4 Å². The quantitative estimate of drug-likeness (QED) is 0.489. The number of hydrogen-bond acceptors (Lipinski definition) is 3. The molecule has 72 valence electrons. The van der Waals surface area contributed by atoms with Crippen LogP contribution in [0.2, 0.25) is 0 Å². The molecule has 0 spiro atoms. The van der Waals surface area contributed by atoms with E-state index in [4.69, 9.17) is 5.11 Å². The van der Waals surface area contributed by atoms with E-state index < -0.39 is 0 Å². The number of thiol groups is 1. The zero-order valence-corrected chi connectivity index (χ0v) is 8.43. The maximum absolute atomic E-state index is 8.82. The first-order valence-electron chi connectivity index (χ1n) is 4.37. The molecule has 0 unspecified atom stereocenters. The second-order valence-electron chi connectivity index (χ2n) is 2.87. The van der Waals surface area contributed by atoms with Gasteiger partial charge in [-0.2, -0.15) is 12.6 Å². The molecule has 1 aromatic carbocycles. The monoisotopic (exact) mass is 197 g/mol. The molecule has 1 rings (SSSR count). The van der Waals surface area contributed by atoms with E-state index in [1.165, 1.54) is 5.56 Å². The highest BCUT2D eigenvalue weighted by atomic mass is 32.1. The first-order chi connectivity index (χ1) is 6.36. The minimum atomic E-state index is 0.115. The van der Waals surface area contributed by atoms with E-state index in [9.17, 15) is 0 Å². The summed E-state index contributed by atoms with van der Waals surface area (Å²) in [5.41, 5.74) is 2.19. The van der Waals surface area contributed by atoms with Gasteiger partial charge in [0.05, 0.1) is 6.61 Å². The Morgan fingerprint density at radius 3 is 2.31 bits per heavy atom. The van der Waals surface area contributed by atoms with Crippen LogP contribution in [0.25, 0.3) is 0 Å². The summed E-state index contributed by atoms with van der Waals surface area (Å²) in [6.45, 7) is 1.90. The van der Waals surface area contributed by atoms with Gasteiger partial charge >= 0.3 is 0 Å². The smallest absolute Gasteiger partial charge is 0.0681 e. The summed E-state index contributed by atoms with van der Waals surface area (Å²) in [4.78, 5) is 0. The van der Waals surface area contributed by atoms with Gasteiger partial charge in [-0.05, 0) is 11.1 Å². The van der Waals surface area contributed by atoms with Crippen LogP contribution in [0.3, 0.4) is 0 Å². The number of rotatable bonds is 5. The molecule has 1 aromatic rings. The third-order valence-electron chi connectivity index (χ3n) is 1.82. The van der Waals surface area contributed by atoms with Crippen molar-refractivity contribution in [1.82, 2.24) is 5.32 Å². The third kappa shape index (κ3) is 3.81. The molecular formula is C10H15NOS. The van der Waals surface area contributed by atoms with Crippen molar-refractivity contribution in [1.29, 1.82) is 0 Å². The van der Waals surface area contributed by atoms with Crippen LogP contribution in [0.1, 0.15) is 11.1 Å². The van der Waals surface area contributed by atoms with E-state index >= 15 is 0 Å². The van der Waals surface area contributed by atoms with Crippen LogP contribution < -0.4 is 5.32 Å². The molecule has 0 saturated carbocycles. The number of nitrogens with one attached hydrogen (secondary N) is 1. The highest BCUT2D eigenvalue weighted by molar-refractivity contribution is 7.80. The van der Waals surface area contributed by atoms with Crippen molar-refractivity contribution >= 4 is 12.6 Å². The van der Waals surface area contributed by atoms with Crippen LogP contribution >= 0.6 is 12.6 Å². The first-order valence-corrected chi connectivity index (χ1v) is 5.00. The Labute approximate surface area is 84.4 Å². The predicted octanol–water partition coefficient (Wildman–Crippen LogP) is 1.20. The molecule has 0 atom stereocenters. The molecule has 0 aliphatic rings. The molecular weight excluding hydrogens is 182 g/mol. The van der Waals surface area contributed by atoms with Crippen molar-refractivity contribution in [3.05, 3.63) is 35.4 Å². The molecule has 0 amide bonds. The van der Waals surface area contributed by atoms with E-state index in [0.717, 1.165) is 24.4 Å². The lowest BCUT2D eigenvalue weighted by molar-refractivity contribution is 0.282. The fraction of sp³-hybridized carbons (Fsp3) is 0.400. The van der Waals surface area contributed by atoms with Crippen molar-refractivity contribution in [3.8, 4) is 0 Å². The Morgan fingerprint density at radius 1 is 1.15 bits per heavy atom.